The van der Waals surface area contributed by atoms with Crippen molar-refractivity contribution in [3.8, 4) is 0 Å². The highest BCUT2D eigenvalue weighted by molar-refractivity contribution is 5.77. The van der Waals surface area contributed by atoms with Crippen molar-refractivity contribution in [2.24, 2.45) is 0 Å². The number of aromatic amines is 1. The quantitative estimate of drug-likeness (QED) is 0.796. The molecule has 0 aliphatic carbocycles. The van der Waals surface area contributed by atoms with Crippen LogP contribution in [0.1, 0.15) is 37.0 Å². The molecule has 2 aromatic heterocycles. The van der Waals surface area contributed by atoms with Crippen LogP contribution in [0.3, 0.4) is 0 Å². The lowest BCUT2D eigenvalue weighted by molar-refractivity contribution is -0.132. The summed E-state index contributed by atoms with van der Waals surface area (Å²) in [4.78, 5) is 26.8. The number of imidazole rings is 2. The Balaban J connectivity index is 1.38. The number of nitrogens with one attached hydrogen (secondary N) is 1. The summed E-state index contributed by atoms with van der Waals surface area (Å²) in [6, 6.07) is 8.30. The molecular formula is C19H23N5O. The van der Waals surface area contributed by atoms with Gasteiger partial charge < -0.3 is 14.5 Å². The van der Waals surface area contributed by atoms with E-state index in [1.54, 1.807) is 0 Å². The maximum Gasteiger partial charge on any atom is 0.223 e. The Morgan fingerprint density at radius 3 is 3.04 bits per heavy atom. The smallest absolute Gasteiger partial charge is 0.223 e. The van der Waals surface area contributed by atoms with E-state index in [0.717, 1.165) is 48.6 Å². The van der Waals surface area contributed by atoms with Crippen LogP contribution >= 0.6 is 0 Å². The van der Waals surface area contributed by atoms with Crippen LogP contribution in [0.4, 0.5) is 0 Å². The molecule has 25 heavy (non-hydrogen) atoms. The second-order valence-corrected chi connectivity index (χ2v) is 6.72. The van der Waals surface area contributed by atoms with Crippen molar-refractivity contribution < 1.29 is 4.79 Å². The van der Waals surface area contributed by atoms with Crippen LogP contribution in [0.25, 0.3) is 11.0 Å². The first-order valence-electron chi connectivity index (χ1n) is 8.91. The van der Waals surface area contributed by atoms with Gasteiger partial charge in [0.1, 0.15) is 11.6 Å². The Bertz CT molecular complexity index is 848. The highest BCUT2D eigenvalue weighted by Gasteiger charge is 2.25. The van der Waals surface area contributed by atoms with E-state index in [-0.39, 0.29) is 5.91 Å². The van der Waals surface area contributed by atoms with Crippen molar-refractivity contribution in [2.45, 2.75) is 38.6 Å². The average Bonchev–Trinajstić information content (AvgIpc) is 3.25. The largest absolute Gasteiger partial charge is 0.342 e. The molecule has 1 saturated heterocycles. The molecule has 3 heterocycles. The second-order valence-electron chi connectivity index (χ2n) is 6.72. The molecule has 4 rings (SSSR count). The molecule has 1 N–H and O–H groups in total. The summed E-state index contributed by atoms with van der Waals surface area (Å²) < 4.78 is 2.19. The summed E-state index contributed by atoms with van der Waals surface area (Å²) in [6.45, 7) is 3.64. The average molecular weight is 337 g/mol. The number of amides is 1. The minimum absolute atomic E-state index is 0.211. The van der Waals surface area contributed by atoms with Crippen molar-refractivity contribution in [3.05, 3.63) is 48.3 Å². The third-order valence-corrected chi connectivity index (χ3v) is 5.02. The van der Waals surface area contributed by atoms with Crippen molar-refractivity contribution in [3.63, 3.8) is 0 Å². The molecule has 0 spiro atoms. The van der Waals surface area contributed by atoms with Gasteiger partial charge in [0.25, 0.3) is 0 Å². The fraction of sp³-hybridized carbons (Fsp3) is 0.421. The maximum absolute atomic E-state index is 12.6. The number of rotatable bonds is 4. The van der Waals surface area contributed by atoms with E-state index in [4.69, 9.17) is 0 Å². The first-order chi connectivity index (χ1) is 12.2. The molecule has 130 valence electrons. The molecule has 0 saturated carbocycles. The first kappa shape index (κ1) is 15.9. The van der Waals surface area contributed by atoms with E-state index in [0.29, 0.717) is 18.9 Å². The van der Waals surface area contributed by atoms with Gasteiger partial charge in [-0.25, -0.2) is 9.97 Å². The number of benzene rings is 1. The van der Waals surface area contributed by atoms with Gasteiger partial charge in [-0.15, -0.1) is 0 Å². The van der Waals surface area contributed by atoms with Crippen molar-refractivity contribution in [2.75, 3.05) is 13.1 Å². The van der Waals surface area contributed by atoms with Crippen molar-refractivity contribution in [1.82, 2.24) is 24.4 Å². The molecule has 1 aliphatic heterocycles. The number of piperidine rings is 1. The summed E-state index contributed by atoms with van der Waals surface area (Å²) in [5, 5.41) is 0. The van der Waals surface area contributed by atoms with Crippen LogP contribution in [0.15, 0.2) is 36.7 Å². The number of para-hydroxylation sites is 2. The molecule has 3 aromatic rings. The minimum Gasteiger partial charge on any atom is -0.342 e. The highest BCUT2D eigenvalue weighted by Crippen LogP contribution is 2.23. The molecule has 1 aliphatic rings. The van der Waals surface area contributed by atoms with Crippen LogP contribution in [0.2, 0.25) is 0 Å². The Labute approximate surface area is 146 Å². The standard InChI is InChI=1S/C19H23N5O/c1-14-20-10-12-24(14)15-5-4-11-23(13-15)19(25)9-8-18-21-16-6-2-3-7-17(16)22-18/h2-3,6-7,10,12,15H,4-5,8-9,11,13H2,1H3,(H,21,22). The number of hydrogen-bond acceptors (Lipinski definition) is 3. The number of fused-ring (bicyclic) bond motifs is 1. The predicted octanol–water partition coefficient (Wildman–Crippen LogP) is 2.86. The summed E-state index contributed by atoms with van der Waals surface area (Å²) in [5.41, 5.74) is 1.98. The predicted molar refractivity (Wildman–Crippen MR) is 96.2 cm³/mol. The van der Waals surface area contributed by atoms with Gasteiger partial charge >= 0.3 is 0 Å². The molecule has 1 atom stereocenters. The van der Waals surface area contributed by atoms with E-state index in [1.807, 2.05) is 48.5 Å². The first-order valence-corrected chi connectivity index (χ1v) is 8.91. The van der Waals surface area contributed by atoms with Crippen molar-refractivity contribution >= 4 is 16.9 Å². The number of nitrogens with zero attached hydrogens (tertiary/aromatic N) is 4. The Morgan fingerprint density at radius 2 is 2.24 bits per heavy atom. The molecular weight excluding hydrogens is 314 g/mol. The fourth-order valence-electron chi connectivity index (χ4n) is 3.69. The highest BCUT2D eigenvalue weighted by atomic mass is 16.2. The number of carbonyl (C=O) groups is 1. The topological polar surface area (TPSA) is 66.8 Å². The number of hydrogen-bond donors (Lipinski definition) is 1. The van der Waals surface area contributed by atoms with Gasteiger partial charge in [-0.3, -0.25) is 4.79 Å². The van der Waals surface area contributed by atoms with E-state index in [2.05, 4.69) is 19.5 Å². The molecule has 0 radical (unpaired) electrons. The summed E-state index contributed by atoms with van der Waals surface area (Å²) >= 11 is 0. The van der Waals surface area contributed by atoms with Crippen LogP contribution < -0.4 is 0 Å². The van der Waals surface area contributed by atoms with Crippen LogP contribution in [-0.4, -0.2) is 43.4 Å². The summed E-state index contributed by atoms with van der Waals surface area (Å²) in [7, 11) is 0. The van der Waals surface area contributed by atoms with E-state index in [1.165, 1.54) is 0 Å². The Kier molecular flexibility index (Phi) is 4.26. The zero-order valence-corrected chi connectivity index (χ0v) is 14.5. The van der Waals surface area contributed by atoms with Gasteiger partial charge in [0.2, 0.25) is 5.91 Å². The third-order valence-electron chi connectivity index (χ3n) is 5.02. The Morgan fingerprint density at radius 1 is 1.36 bits per heavy atom. The monoisotopic (exact) mass is 337 g/mol. The zero-order chi connectivity index (χ0) is 17.2. The van der Waals surface area contributed by atoms with Gasteiger partial charge in [-0.1, -0.05) is 12.1 Å². The van der Waals surface area contributed by atoms with Gasteiger partial charge in [0, 0.05) is 38.3 Å². The van der Waals surface area contributed by atoms with Gasteiger partial charge in [-0.2, -0.15) is 0 Å². The van der Waals surface area contributed by atoms with Crippen LogP contribution in [0, 0.1) is 6.92 Å². The maximum atomic E-state index is 12.6. The fourth-order valence-corrected chi connectivity index (χ4v) is 3.69. The second kappa shape index (κ2) is 6.70. The molecule has 6 heteroatoms. The lowest BCUT2D eigenvalue weighted by atomic mass is 10.0. The van der Waals surface area contributed by atoms with E-state index < -0.39 is 0 Å². The SMILES string of the molecule is Cc1nccn1C1CCCN(C(=O)CCc2nc3ccccc3[nH]2)C1. The normalized spacial score (nSPS) is 18.0. The van der Waals surface area contributed by atoms with E-state index >= 15 is 0 Å². The zero-order valence-electron chi connectivity index (χ0n) is 14.5. The van der Waals surface area contributed by atoms with Gasteiger partial charge in [0.15, 0.2) is 0 Å². The molecule has 1 aromatic carbocycles. The van der Waals surface area contributed by atoms with Gasteiger partial charge in [0.05, 0.1) is 17.1 Å². The Hall–Kier alpha value is -2.63. The number of H-pyrrole nitrogens is 1. The molecule has 1 unspecified atom stereocenters. The molecule has 6 nitrogen and oxygen atoms in total. The lowest BCUT2D eigenvalue weighted by Crippen LogP contribution is -2.40. The van der Waals surface area contributed by atoms with Gasteiger partial charge in [-0.05, 0) is 31.9 Å². The van der Waals surface area contributed by atoms with Crippen molar-refractivity contribution in [1.29, 1.82) is 0 Å². The summed E-state index contributed by atoms with van der Waals surface area (Å²) in [6.07, 6.45) is 7.14. The number of carbonyl (C=O) groups excluding carboxylic acids is 1. The summed E-state index contributed by atoms with van der Waals surface area (Å²) in [5.74, 6) is 2.11. The van der Waals surface area contributed by atoms with E-state index in [9.17, 15) is 4.79 Å². The number of aromatic nitrogens is 4. The molecule has 0 bridgehead atoms. The third kappa shape index (κ3) is 3.29. The molecule has 1 fully saturated rings. The minimum atomic E-state index is 0.211. The number of aryl methyl sites for hydroxylation is 2. The van der Waals surface area contributed by atoms with Crippen LogP contribution in [0.5, 0.6) is 0 Å². The lowest BCUT2D eigenvalue weighted by Gasteiger charge is -2.34. The molecule has 1 amide bonds. The van der Waals surface area contributed by atoms with Crippen LogP contribution in [-0.2, 0) is 11.2 Å². The number of likely N-dealkylation sites (tertiary alicyclic amines) is 1.